The third-order valence-corrected chi connectivity index (χ3v) is 5.18. The lowest BCUT2D eigenvalue weighted by atomic mass is 10.1. The van der Waals surface area contributed by atoms with Crippen molar-refractivity contribution >= 4 is 18.2 Å². The summed E-state index contributed by atoms with van der Waals surface area (Å²) in [7, 11) is 0. The number of phenols is 2. The van der Waals surface area contributed by atoms with E-state index >= 15 is 0 Å². The van der Waals surface area contributed by atoms with Crippen LogP contribution in [0.25, 0.3) is 28.3 Å². The zero-order chi connectivity index (χ0) is 29.9. The van der Waals surface area contributed by atoms with E-state index in [0.29, 0.717) is 5.56 Å². The molecular weight excluding hydrogens is 520 g/mol. The Bertz CT molecular complexity index is 1330. The number of hydrogen-bond acceptors (Lipinski definition) is 4. The van der Waals surface area contributed by atoms with Gasteiger partial charge in [0.25, 0.3) is 0 Å². The second-order valence-electron chi connectivity index (χ2n) is 8.17. The van der Waals surface area contributed by atoms with Gasteiger partial charge < -0.3 is 25.5 Å². The van der Waals surface area contributed by atoms with Crippen LogP contribution >= 0.6 is 0 Å². The molecule has 0 unspecified atom stereocenters. The molecule has 0 amide bonds. The number of benzene rings is 5. The first-order chi connectivity index (χ1) is 19.8. The van der Waals surface area contributed by atoms with Gasteiger partial charge in [-0.05, 0) is 46.0 Å². The van der Waals surface area contributed by atoms with E-state index in [2.05, 4.69) is 97.1 Å². The summed E-state index contributed by atoms with van der Waals surface area (Å²) in [6.45, 7) is 0. The van der Waals surface area contributed by atoms with Crippen LogP contribution in [0.5, 0.6) is 11.5 Å². The van der Waals surface area contributed by atoms with Crippen molar-refractivity contribution in [2.24, 2.45) is 0 Å². The van der Waals surface area contributed by atoms with Crippen LogP contribution in [0, 0.1) is 0 Å². The van der Waals surface area contributed by atoms with Gasteiger partial charge in [-0.1, -0.05) is 127 Å². The first-order valence-corrected chi connectivity index (χ1v) is 12.3. The van der Waals surface area contributed by atoms with Gasteiger partial charge in [0.2, 0.25) is 0 Å². The molecule has 0 fully saturated rings. The minimum Gasteiger partial charge on any atom is -0.504 e. The average molecular weight is 551 g/mol. The largest absolute Gasteiger partial charge is 0.504 e. The number of carboxylic acid groups (broad SMARTS) is 3. The molecule has 0 atom stereocenters. The molecule has 5 aromatic carbocycles. The number of rotatable bonds is 4. The van der Waals surface area contributed by atoms with E-state index in [1.807, 2.05) is 24.3 Å². The lowest BCUT2D eigenvalue weighted by Crippen LogP contribution is -1.85. The summed E-state index contributed by atoms with van der Waals surface area (Å²) in [6.07, 6.45) is 0.438. The van der Waals surface area contributed by atoms with Crippen molar-refractivity contribution in [2.75, 3.05) is 0 Å². The summed E-state index contributed by atoms with van der Waals surface area (Å²) in [5.74, 6) is -1.56. The van der Waals surface area contributed by atoms with Crippen molar-refractivity contribution in [3.05, 3.63) is 151 Å². The van der Waals surface area contributed by atoms with E-state index < -0.39 is 12.1 Å². The number of aromatic hydroxyl groups is 2. The standard InChI is InChI=1S/2C12H10.C9H8O4.CH2O3/c2*1-3-7-11(8-4-1)12-9-5-2-6-10-12;10-7-3-1-6(5-8(7)11)2-4-9(12)13;2-1(3)4/h2*1-10H;1-5,10-11H,(H,12,13);(H2,2,3,4)/b;;4-2+;. The van der Waals surface area contributed by atoms with Crippen LogP contribution in [0.1, 0.15) is 5.56 Å². The predicted octanol–water partition coefficient (Wildman–Crippen LogP) is 8.13. The molecule has 208 valence electrons. The highest BCUT2D eigenvalue weighted by atomic mass is 16.6. The minimum absolute atomic E-state index is 0.229. The normalized spacial score (nSPS) is 9.56. The zero-order valence-electron chi connectivity index (χ0n) is 22.0. The van der Waals surface area contributed by atoms with Gasteiger partial charge in [-0.3, -0.25) is 0 Å². The molecule has 0 aliphatic carbocycles. The number of phenolic OH excluding ortho intramolecular Hbond substituents is 2. The summed E-state index contributed by atoms with van der Waals surface area (Å²) in [5.41, 5.74) is 5.62. The zero-order valence-corrected chi connectivity index (χ0v) is 22.0. The summed E-state index contributed by atoms with van der Waals surface area (Å²) in [4.78, 5) is 18.7. The van der Waals surface area contributed by atoms with E-state index in [0.717, 1.165) is 6.08 Å². The van der Waals surface area contributed by atoms with Crippen LogP contribution in [0.15, 0.2) is 146 Å². The van der Waals surface area contributed by atoms with Crippen LogP contribution < -0.4 is 0 Å². The molecule has 0 aromatic heterocycles. The van der Waals surface area contributed by atoms with Gasteiger partial charge in [0.1, 0.15) is 0 Å². The second kappa shape index (κ2) is 17.6. The van der Waals surface area contributed by atoms with E-state index in [1.54, 1.807) is 0 Å². The highest BCUT2D eigenvalue weighted by Gasteiger charge is 1.98. The van der Waals surface area contributed by atoms with Gasteiger partial charge >= 0.3 is 12.1 Å². The van der Waals surface area contributed by atoms with Crippen molar-refractivity contribution < 1.29 is 35.1 Å². The third kappa shape index (κ3) is 13.0. The Morgan fingerprint density at radius 3 is 1.05 bits per heavy atom. The second-order valence-corrected chi connectivity index (χ2v) is 8.17. The highest BCUT2D eigenvalue weighted by molar-refractivity contribution is 5.85. The number of carbonyl (C=O) groups is 2. The fourth-order valence-electron chi connectivity index (χ4n) is 3.33. The topological polar surface area (TPSA) is 135 Å². The molecule has 0 aliphatic heterocycles. The smallest absolute Gasteiger partial charge is 0.503 e. The maximum Gasteiger partial charge on any atom is 0.503 e. The van der Waals surface area contributed by atoms with Crippen molar-refractivity contribution in [2.45, 2.75) is 0 Å². The van der Waals surface area contributed by atoms with Gasteiger partial charge in [0.05, 0.1) is 0 Å². The Morgan fingerprint density at radius 1 is 0.463 bits per heavy atom. The maximum absolute atomic E-state index is 10.1. The summed E-state index contributed by atoms with van der Waals surface area (Å²) >= 11 is 0. The molecule has 0 saturated carbocycles. The monoisotopic (exact) mass is 550 g/mol. The lowest BCUT2D eigenvalue weighted by molar-refractivity contribution is -0.131. The summed E-state index contributed by atoms with van der Waals surface area (Å²) in [6, 6.07) is 45.6. The summed E-state index contributed by atoms with van der Waals surface area (Å²) in [5, 5.41) is 40.2. The fraction of sp³-hybridized carbons (Fsp3) is 0. The number of hydrogen-bond donors (Lipinski definition) is 5. The Hall–Kier alpha value is -5.82. The van der Waals surface area contributed by atoms with Gasteiger partial charge in [0, 0.05) is 6.08 Å². The van der Waals surface area contributed by atoms with Crippen LogP contribution in [-0.4, -0.2) is 37.7 Å². The van der Waals surface area contributed by atoms with Gasteiger partial charge in [-0.2, -0.15) is 0 Å². The Labute approximate surface area is 238 Å². The van der Waals surface area contributed by atoms with Crippen molar-refractivity contribution in [1.29, 1.82) is 0 Å². The molecule has 7 nitrogen and oxygen atoms in total. The number of aliphatic carboxylic acids is 1. The first-order valence-electron chi connectivity index (χ1n) is 12.3. The van der Waals surface area contributed by atoms with E-state index in [4.69, 9.17) is 30.3 Å². The Kier molecular flexibility index (Phi) is 13.5. The van der Waals surface area contributed by atoms with Crippen LogP contribution in [0.2, 0.25) is 0 Å². The van der Waals surface area contributed by atoms with E-state index in [-0.39, 0.29) is 11.5 Å². The quantitative estimate of drug-likeness (QED) is 0.113. The van der Waals surface area contributed by atoms with Gasteiger partial charge in [-0.15, -0.1) is 0 Å². The molecule has 0 bridgehead atoms. The molecular formula is C34H30O7. The average Bonchev–Trinajstić information content (AvgIpc) is 3.00. The molecule has 7 heteroatoms. The van der Waals surface area contributed by atoms with Crippen LogP contribution in [0.3, 0.4) is 0 Å². The predicted molar refractivity (Wildman–Crippen MR) is 161 cm³/mol. The van der Waals surface area contributed by atoms with Crippen molar-refractivity contribution in [1.82, 2.24) is 0 Å². The van der Waals surface area contributed by atoms with Gasteiger partial charge in [-0.25, -0.2) is 9.59 Å². The highest BCUT2D eigenvalue weighted by Crippen LogP contribution is 2.25. The Balaban J connectivity index is 0.000000202. The molecule has 41 heavy (non-hydrogen) atoms. The third-order valence-electron chi connectivity index (χ3n) is 5.18. The molecule has 5 N–H and O–H groups in total. The molecule has 0 radical (unpaired) electrons. The SMILES string of the molecule is O=C(O)/C=C/c1ccc(O)c(O)c1.O=C(O)O.c1ccc(-c2ccccc2)cc1.c1ccc(-c2ccccc2)cc1. The van der Waals surface area contributed by atoms with E-state index in [1.165, 1.54) is 46.5 Å². The van der Waals surface area contributed by atoms with Crippen LogP contribution in [-0.2, 0) is 4.79 Å². The van der Waals surface area contributed by atoms with Gasteiger partial charge in [0.15, 0.2) is 11.5 Å². The first kappa shape index (κ1) is 31.4. The van der Waals surface area contributed by atoms with Crippen molar-refractivity contribution in [3.63, 3.8) is 0 Å². The molecule has 0 heterocycles. The van der Waals surface area contributed by atoms with Crippen LogP contribution in [0.4, 0.5) is 4.79 Å². The molecule has 0 saturated heterocycles. The maximum atomic E-state index is 10.1. The molecule has 5 aromatic rings. The lowest BCUT2D eigenvalue weighted by Gasteiger charge is -1.98. The van der Waals surface area contributed by atoms with E-state index in [9.17, 15) is 4.79 Å². The minimum atomic E-state index is -1.83. The fourth-order valence-corrected chi connectivity index (χ4v) is 3.33. The summed E-state index contributed by atoms with van der Waals surface area (Å²) < 4.78 is 0. The molecule has 5 rings (SSSR count). The number of carboxylic acids is 1. The Morgan fingerprint density at radius 2 is 0.780 bits per heavy atom. The molecule has 0 aliphatic rings. The molecule has 0 spiro atoms. The van der Waals surface area contributed by atoms with Crippen molar-refractivity contribution in [3.8, 4) is 33.8 Å².